The Morgan fingerprint density at radius 2 is 2.04 bits per heavy atom. The summed E-state index contributed by atoms with van der Waals surface area (Å²) in [5.41, 5.74) is 0.960. The molecule has 28 heavy (non-hydrogen) atoms. The van der Waals surface area contributed by atoms with Gasteiger partial charge in [0.05, 0.1) is 6.10 Å². The molecule has 154 valence electrons. The molecule has 1 aromatic carbocycles. The Balaban J connectivity index is 1.55. The van der Waals surface area contributed by atoms with E-state index in [1.165, 1.54) is 38.2 Å². The van der Waals surface area contributed by atoms with Crippen LogP contribution in [0, 0.1) is 5.82 Å². The quantitative estimate of drug-likeness (QED) is 0.539. The van der Waals surface area contributed by atoms with Gasteiger partial charge < -0.3 is 20.2 Å². The minimum absolute atomic E-state index is 0.0868. The van der Waals surface area contributed by atoms with Gasteiger partial charge >= 0.3 is 0 Å². The molecular weight excluding hydrogens is 359 g/mol. The molecule has 2 atom stereocenters. The standard InChI is InChI=1S/C22H31FN2O3/c1-2-3-4-5-6-7-8-17-12-15-11-16(18(23)13-20(15)28-17)14-25-22(27)21-19(26)9-10-24-21/h11-13,19,21,24,26H,2-10,14H2,1H3,(H,25,27)/t19-,21-/m0/s1. The molecule has 0 unspecified atom stereocenters. The molecule has 6 heteroatoms. The first-order valence-corrected chi connectivity index (χ1v) is 10.5. The topological polar surface area (TPSA) is 74.5 Å². The maximum atomic E-state index is 14.4. The van der Waals surface area contributed by atoms with Gasteiger partial charge in [-0.15, -0.1) is 0 Å². The van der Waals surface area contributed by atoms with Crippen LogP contribution in [0.15, 0.2) is 22.6 Å². The van der Waals surface area contributed by atoms with Crippen molar-refractivity contribution in [1.82, 2.24) is 10.6 Å². The van der Waals surface area contributed by atoms with Crippen molar-refractivity contribution in [3.05, 3.63) is 35.3 Å². The molecule has 1 amide bonds. The Kier molecular flexibility index (Phi) is 7.45. The van der Waals surface area contributed by atoms with Gasteiger partial charge in [0.15, 0.2) is 0 Å². The van der Waals surface area contributed by atoms with Gasteiger partial charge in [-0.2, -0.15) is 0 Å². The molecule has 0 aliphatic carbocycles. The molecule has 1 aliphatic heterocycles. The van der Waals surface area contributed by atoms with Gasteiger partial charge in [0, 0.05) is 30.0 Å². The smallest absolute Gasteiger partial charge is 0.240 e. The lowest BCUT2D eigenvalue weighted by atomic mass is 10.1. The summed E-state index contributed by atoms with van der Waals surface area (Å²) in [6.45, 7) is 2.90. The third-order valence-electron chi connectivity index (χ3n) is 5.44. The van der Waals surface area contributed by atoms with Crippen LogP contribution in [-0.4, -0.2) is 29.7 Å². The summed E-state index contributed by atoms with van der Waals surface area (Å²) in [6.07, 6.45) is 8.05. The number of benzene rings is 1. The summed E-state index contributed by atoms with van der Waals surface area (Å²) in [5.74, 6) is 0.179. The van der Waals surface area contributed by atoms with E-state index in [2.05, 4.69) is 17.6 Å². The second kappa shape index (κ2) is 10.0. The summed E-state index contributed by atoms with van der Waals surface area (Å²) in [5, 5.41) is 16.3. The number of aryl methyl sites for hydroxylation is 1. The molecule has 0 saturated carbocycles. The lowest BCUT2D eigenvalue weighted by Gasteiger charge is -2.14. The molecule has 5 nitrogen and oxygen atoms in total. The molecule has 1 aliphatic rings. The van der Waals surface area contributed by atoms with Crippen LogP contribution in [0.25, 0.3) is 11.0 Å². The number of carbonyl (C=O) groups is 1. The van der Waals surface area contributed by atoms with Crippen molar-refractivity contribution >= 4 is 16.9 Å². The number of amides is 1. The summed E-state index contributed by atoms with van der Waals surface area (Å²) in [7, 11) is 0. The third kappa shape index (κ3) is 5.32. The normalized spacial score (nSPS) is 19.4. The fourth-order valence-corrected chi connectivity index (χ4v) is 3.75. The van der Waals surface area contributed by atoms with E-state index in [-0.39, 0.29) is 12.5 Å². The minimum atomic E-state index is -0.689. The number of halogens is 1. The van der Waals surface area contributed by atoms with E-state index >= 15 is 0 Å². The fourth-order valence-electron chi connectivity index (χ4n) is 3.75. The average molecular weight is 390 g/mol. The van der Waals surface area contributed by atoms with Gasteiger partial charge in [-0.25, -0.2) is 4.39 Å². The van der Waals surface area contributed by atoms with Crippen molar-refractivity contribution < 1.29 is 18.7 Å². The predicted molar refractivity (Wildman–Crippen MR) is 108 cm³/mol. The van der Waals surface area contributed by atoms with Crippen LogP contribution in [0.3, 0.4) is 0 Å². The fraction of sp³-hybridized carbons (Fsp3) is 0.591. The van der Waals surface area contributed by atoms with Gasteiger partial charge in [0.1, 0.15) is 23.2 Å². The Morgan fingerprint density at radius 1 is 1.25 bits per heavy atom. The zero-order chi connectivity index (χ0) is 19.9. The summed E-state index contributed by atoms with van der Waals surface area (Å²) >= 11 is 0. The van der Waals surface area contributed by atoms with Gasteiger partial charge in [0.25, 0.3) is 0 Å². The van der Waals surface area contributed by atoms with Crippen molar-refractivity contribution in [2.24, 2.45) is 0 Å². The minimum Gasteiger partial charge on any atom is -0.461 e. The first-order chi connectivity index (χ1) is 13.6. The molecule has 0 radical (unpaired) electrons. The van der Waals surface area contributed by atoms with Crippen LogP contribution < -0.4 is 10.6 Å². The number of hydrogen-bond acceptors (Lipinski definition) is 4. The van der Waals surface area contributed by atoms with Crippen LogP contribution in [0.2, 0.25) is 0 Å². The van der Waals surface area contributed by atoms with Crippen molar-refractivity contribution in [3.63, 3.8) is 0 Å². The van der Waals surface area contributed by atoms with Crippen LogP contribution in [0.5, 0.6) is 0 Å². The number of rotatable bonds is 10. The molecule has 0 bridgehead atoms. The van der Waals surface area contributed by atoms with Gasteiger partial charge in [-0.1, -0.05) is 39.0 Å². The SMILES string of the molecule is CCCCCCCCc1cc2cc(CNC(=O)[C@H]3NCC[C@@H]3O)c(F)cc2o1. The van der Waals surface area contributed by atoms with Crippen molar-refractivity contribution in [3.8, 4) is 0 Å². The number of hydrogen-bond donors (Lipinski definition) is 3. The Labute approximate surface area is 165 Å². The Hall–Kier alpha value is -1.92. The molecule has 0 spiro atoms. The summed E-state index contributed by atoms with van der Waals surface area (Å²) < 4.78 is 20.2. The number of unbranched alkanes of at least 4 members (excludes halogenated alkanes) is 5. The third-order valence-corrected chi connectivity index (χ3v) is 5.44. The van der Waals surface area contributed by atoms with Gasteiger partial charge in [0.2, 0.25) is 5.91 Å². The van der Waals surface area contributed by atoms with Crippen LogP contribution >= 0.6 is 0 Å². The molecule has 3 N–H and O–H groups in total. The zero-order valence-electron chi connectivity index (χ0n) is 16.6. The number of nitrogens with one attached hydrogen (secondary N) is 2. The first kappa shape index (κ1) is 20.8. The number of furan rings is 1. The molecule has 3 rings (SSSR count). The van der Waals surface area contributed by atoms with Crippen LogP contribution in [0.4, 0.5) is 4.39 Å². The number of fused-ring (bicyclic) bond motifs is 1. The van der Waals surface area contributed by atoms with E-state index in [0.29, 0.717) is 24.1 Å². The molecule has 1 saturated heterocycles. The lowest BCUT2D eigenvalue weighted by molar-refractivity contribution is -0.124. The zero-order valence-corrected chi connectivity index (χ0v) is 16.6. The second-order valence-corrected chi connectivity index (χ2v) is 7.72. The van der Waals surface area contributed by atoms with E-state index in [0.717, 1.165) is 24.0 Å². The first-order valence-electron chi connectivity index (χ1n) is 10.5. The molecule has 1 aromatic heterocycles. The highest BCUT2D eigenvalue weighted by atomic mass is 19.1. The second-order valence-electron chi connectivity index (χ2n) is 7.72. The monoisotopic (exact) mass is 390 g/mol. The number of aliphatic hydroxyl groups excluding tert-OH is 1. The van der Waals surface area contributed by atoms with E-state index in [1.807, 2.05) is 6.07 Å². The highest BCUT2D eigenvalue weighted by Gasteiger charge is 2.30. The highest BCUT2D eigenvalue weighted by Crippen LogP contribution is 2.24. The van der Waals surface area contributed by atoms with Crippen LogP contribution in [-0.2, 0) is 17.8 Å². The number of carbonyl (C=O) groups excluding carboxylic acids is 1. The average Bonchev–Trinajstić information content (AvgIpc) is 3.27. The molecule has 2 heterocycles. The lowest BCUT2D eigenvalue weighted by Crippen LogP contribution is -2.45. The van der Waals surface area contributed by atoms with Gasteiger partial charge in [-0.05, 0) is 31.5 Å². The van der Waals surface area contributed by atoms with Crippen LogP contribution in [0.1, 0.15) is 63.2 Å². The van der Waals surface area contributed by atoms with E-state index in [9.17, 15) is 14.3 Å². The Morgan fingerprint density at radius 3 is 2.79 bits per heavy atom. The van der Waals surface area contributed by atoms with E-state index in [1.54, 1.807) is 6.07 Å². The molecule has 1 fully saturated rings. The van der Waals surface area contributed by atoms with Gasteiger partial charge in [-0.3, -0.25) is 4.79 Å². The van der Waals surface area contributed by atoms with E-state index < -0.39 is 18.0 Å². The molecular formula is C22H31FN2O3. The largest absolute Gasteiger partial charge is 0.461 e. The van der Waals surface area contributed by atoms with Crippen molar-refractivity contribution in [2.75, 3.05) is 6.54 Å². The number of aliphatic hydroxyl groups is 1. The summed E-state index contributed by atoms with van der Waals surface area (Å²) in [4.78, 5) is 12.1. The Bertz CT molecular complexity index is 789. The maximum Gasteiger partial charge on any atom is 0.240 e. The predicted octanol–water partition coefficient (Wildman–Crippen LogP) is 3.81. The van der Waals surface area contributed by atoms with E-state index in [4.69, 9.17) is 4.42 Å². The van der Waals surface area contributed by atoms with Crippen molar-refractivity contribution in [1.29, 1.82) is 0 Å². The van der Waals surface area contributed by atoms with Crippen molar-refractivity contribution in [2.45, 2.75) is 77.0 Å². The highest BCUT2D eigenvalue weighted by molar-refractivity contribution is 5.83. The molecule has 2 aromatic rings. The summed E-state index contributed by atoms with van der Waals surface area (Å²) in [6, 6.07) is 4.47. The maximum absolute atomic E-state index is 14.4.